The molecule has 3 heterocycles. The molecule has 8 heteroatoms. The fourth-order valence-corrected chi connectivity index (χ4v) is 4.24. The summed E-state index contributed by atoms with van der Waals surface area (Å²) in [5.74, 6) is 1.66. The summed E-state index contributed by atoms with van der Waals surface area (Å²) in [6.07, 6.45) is 0.753. The first-order valence-electron chi connectivity index (χ1n) is 10.4. The Morgan fingerprint density at radius 3 is 2.24 bits per heavy atom. The Kier molecular flexibility index (Phi) is 6.54. The number of nitrogens with zero attached hydrogens (tertiary/aromatic N) is 3. The van der Waals surface area contributed by atoms with Gasteiger partial charge in [0.25, 0.3) is 0 Å². The number of amides is 1. The summed E-state index contributed by atoms with van der Waals surface area (Å²) in [4.78, 5) is 19.5. The number of hydrogen-bond acceptors (Lipinski definition) is 7. The van der Waals surface area contributed by atoms with Crippen LogP contribution in [0.4, 0.5) is 0 Å². The molecule has 0 spiro atoms. The van der Waals surface area contributed by atoms with Crippen LogP contribution in [-0.2, 0) is 27.2 Å². The molecular weight excluding hydrogens is 374 g/mol. The number of ether oxygens (including phenoxy) is 4. The van der Waals surface area contributed by atoms with Gasteiger partial charge in [0.05, 0.1) is 34.0 Å². The third-order valence-corrected chi connectivity index (χ3v) is 5.99. The minimum Gasteiger partial charge on any atom is -0.493 e. The zero-order valence-electron chi connectivity index (χ0n) is 17.4. The van der Waals surface area contributed by atoms with E-state index in [1.807, 2.05) is 17.0 Å². The van der Waals surface area contributed by atoms with E-state index < -0.39 is 0 Å². The SMILES string of the molecule is COc1cc2c(cc1OC)CN(C(=O)CN1CCN(CC3OCCO3)CC1)CC2. The van der Waals surface area contributed by atoms with Crippen molar-refractivity contribution in [1.82, 2.24) is 14.7 Å². The zero-order chi connectivity index (χ0) is 20.2. The molecule has 2 saturated heterocycles. The van der Waals surface area contributed by atoms with Gasteiger partial charge in [-0.1, -0.05) is 0 Å². The Bertz CT molecular complexity index is 715. The Morgan fingerprint density at radius 1 is 0.966 bits per heavy atom. The van der Waals surface area contributed by atoms with Crippen LogP contribution in [-0.4, -0.2) is 100 Å². The van der Waals surface area contributed by atoms with Crippen molar-refractivity contribution < 1.29 is 23.7 Å². The minimum absolute atomic E-state index is 0.0905. The van der Waals surface area contributed by atoms with Crippen LogP contribution in [0.1, 0.15) is 11.1 Å². The predicted molar refractivity (Wildman–Crippen MR) is 107 cm³/mol. The van der Waals surface area contributed by atoms with Gasteiger partial charge in [0.15, 0.2) is 17.8 Å². The molecule has 160 valence electrons. The molecule has 0 N–H and O–H groups in total. The van der Waals surface area contributed by atoms with Crippen LogP contribution >= 0.6 is 0 Å². The normalized spacial score (nSPS) is 21.2. The number of carbonyl (C=O) groups is 1. The van der Waals surface area contributed by atoms with E-state index in [9.17, 15) is 4.79 Å². The molecule has 0 radical (unpaired) electrons. The monoisotopic (exact) mass is 405 g/mol. The van der Waals surface area contributed by atoms with Crippen LogP contribution in [0.5, 0.6) is 11.5 Å². The van der Waals surface area contributed by atoms with Crippen molar-refractivity contribution in [2.24, 2.45) is 0 Å². The number of fused-ring (bicyclic) bond motifs is 1. The largest absolute Gasteiger partial charge is 0.493 e. The van der Waals surface area contributed by atoms with E-state index in [1.165, 1.54) is 5.56 Å². The van der Waals surface area contributed by atoms with Crippen molar-refractivity contribution in [3.05, 3.63) is 23.3 Å². The quantitative estimate of drug-likeness (QED) is 0.686. The van der Waals surface area contributed by atoms with Crippen molar-refractivity contribution in [2.45, 2.75) is 19.3 Å². The van der Waals surface area contributed by atoms with Crippen LogP contribution in [0.3, 0.4) is 0 Å². The van der Waals surface area contributed by atoms with Gasteiger partial charge in [-0.15, -0.1) is 0 Å². The van der Waals surface area contributed by atoms with Gasteiger partial charge in [0, 0.05) is 45.8 Å². The maximum absolute atomic E-state index is 12.9. The van der Waals surface area contributed by atoms with Gasteiger partial charge in [-0.05, 0) is 29.7 Å². The molecule has 2 fully saturated rings. The summed E-state index contributed by atoms with van der Waals surface area (Å²) in [5.41, 5.74) is 2.38. The number of hydrogen-bond donors (Lipinski definition) is 0. The molecule has 1 aromatic carbocycles. The number of piperazine rings is 1. The lowest BCUT2D eigenvalue weighted by atomic mass is 9.98. The van der Waals surface area contributed by atoms with Crippen molar-refractivity contribution in [3.63, 3.8) is 0 Å². The van der Waals surface area contributed by atoms with Gasteiger partial charge in [0.2, 0.25) is 5.91 Å². The second kappa shape index (κ2) is 9.30. The topological polar surface area (TPSA) is 63.7 Å². The van der Waals surface area contributed by atoms with Gasteiger partial charge in [-0.3, -0.25) is 14.6 Å². The molecule has 3 aliphatic rings. The van der Waals surface area contributed by atoms with Crippen molar-refractivity contribution >= 4 is 5.91 Å². The smallest absolute Gasteiger partial charge is 0.237 e. The van der Waals surface area contributed by atoms with Gasteiger partial charge < -0.3 is 23.8 Å². The van der Waals surface area contributed by atoms with E-state index in [0.29, 0.717) is 32.1 Å². The lowest BCUT2D eigenvalue weighted by Gasteiger charge is -2.36. The van der Waals surface area contributed by atoms with E-state index in [1.54, 1.807) is 14.2 Å². The molecule has 29 heavy (non-hydrogen) atoms. The van der Waals surface area contributed by atoms with Crippen LogP contribution in [0.15, 0.2) is 12.1 Å². The van der Waals surface area contributed by atoms with Crippen LogP contribution in [0.2, 0.25) is 0 Å². The molecule has 1 amide bonds. The van der Waals surface area contributed by atoms with E-state index in [-0.39, 0.29) is 12.2 Å². The predicted octanol–water partition coefficient (Wildman–Crippen LogP) is 0.579. The van der Waals surface area contributed by atoms with E-state index in [4.69, 9.17) is 18.9 Å². The molecule has 4 rings (SSSR count). The third kappa shape index (κ3) is 4.83. The third-order valence-electron chi connectivity index (χ3n) is 5.99. The molecule has 1 aromatic rings. The van der Waals surface area contributed by atoms with Crippen molar-refractivity contribution in [3.8, 4) is 11.5 Å². The number of rotatable bonds is 6. The maximum atomic E-state index is 12.9. The summed E-state index contributed by atoms with van der Waals surface area (Å²) in [5, 5.41) is 0. The standard InChI is InChI=1S/C21H31N3O5/c1-26-18-11-16-3-4-24(13-17(16)12-19(18)27-2)20(25)14-22-5-7-23(8-6-22)15-21-28-9-10-29-21/h11-12,21H,3-10,13-15H2,1-2H3. The van der Waals surface area contributed by atoms with Crippen LogP contribution < -0.4 is 9.47 Å². The molecule has 0 aliphatic carbocycles. The highest BCUT2D eigenvalue weighted by atomic mass is 16.7. The fraction of sp³-hybridized carbons (Fsp3) is 0.667. The van der Waals surface area contributed by atoms with E-state index in [0.717, 1.165) is 57.0 Å². The number of benzene rings is 1. The van der Waals surface area contributed by atoms with E-state index in [2.05, 4.69) is 9.80 Å². The summed E-state index contributed by atoms with van der Waals surface area (Å²) in [6.45, 7) is 7.73. The van der Waals surface area contributed by atoms with Crippen molar-refractivity contribution in [2.75, 3.05) is 73.2 Å². The summed E-state index contributed by atoms with van der Waals surface area (Å²) < 4.78 is 21.9. The lowest BCUT2D eigenvalue weighted by molar-refractivity contribution is -0.134. The Balaban J connectivity index is 1.27. The average molecular weight is 405 g/mol. The molecule has 0 aromatic heterocycles. The molecule has 3 aliphatic heterocycles. The fourth-order valence-electron chi connectivity index (χ4n) is 4.24. The van der Waals surface area contributed by atoms with E-state index >= 15 is 0 Å². The summed E-state index contributed by atoms with van der Waals surface area (Å²) in [6, 6.07) is 4.03. The highest BCUT2D eigenvalue weighted by Gasteiger charge is 2.27. The van der Waals surface area contributed by atoms with Gasteiger partial charge in [-0.25, -0.2) is 0 Å². The minimum atomic E-state index is -0.0905. The Morgan fingerprint density at radius 2 is 1.59 bits per heavy atom. The highest BCUT2D eigenvalue weighted by molar-refractivity contribution is 5.78. The second-order valence-electron chi connectivity index (χ2n) is 7.79. The first-order valence-corrected chi connectivity index (χ1v) is 10.4. The molecule has 0 bridgehead atoms. The molecular formula is C21H31N3O5. The van der Waals surface area contributed by atoms with Gasteiger partial charge in [-0.2, -0.15) is 0 Å². The average Bonchev–Trinajstić information content (AvgIpc) is 3.26. The van der Waals surface area contributed by atoms with Crippen molar-refractivity contribution in [1.29, 1.82) is 0 Å². The number of carbonyl (C=O) groups excluding carboxylic acids is 1. The van der Waals surface area contributed by atoms with Crippen LogP contribution in [0.25, 0.3) is 0 Å². The Labute approximate surface area is 172 Å². The number of methoxy groups -OCH3 is 2. The first kappa shape index (κ1) is 20.4. The van der Waals surface area contributed by atoms with Gasteiger partial charge >= 0.3 is 0 Å². The summed E-state index contributed by atoms with van der Waals surface area (Å²) >= 11 is 0. The van der Waals surface area contributed by atoms with Gasteiger partial charge in [0.1, 0.15) is 0 Å². The summed E-state index contributed by atoms with van der Waals surface area (Å²) in [7, 11) is 3.29. The molecule has 0 atom stereocenters. The maximum Gasteiger partial charge on any atom is 0.237 e. The molecule has 8 nitrogen and oxygen atoms in total. The second-order valence-corrected chi connectivity index (χ2v) is 7.79. The zero-order valence-corrected chi connectivity index (χ0v) is 17.4. The lowest BCUT2D eigenvalue weighted by Crippen LogP contribution is -2.51. The highest BCUT2D eigenvalue weighted by Crippen LogP contribution is 2.33. The molecule has 0 saturated carbocycles. The Hall–Kier alpha value is -1.87. The van der Waals surface area contributed by atoms with Crippen LogP contribution in [0, 0.1) is 0 Å². The first-order chi connectivity index (χ1) is 14.2. The molecule has 0 unspecified atom stereocenters.